The Bertz CT molecular complexity index is 1190. The van der Waals surface area contributed by atoms with Gasteiger partial charge >= 0.3 is 17.9 Å². The number of allylic oxidation sites excluding steroid dienone is 14. The van der Waals surface area contributed by atoms with E-state index in [4.69, 9.17) is 14.2 Å². The summed E-state index contributed by atoms with van der Waals surface area (Å²) in [7, 11) is 0. The first-order valence-electron chi connectivity index (χ1n) is 24.7. The molecule has 0 saturated heterocycles. The maximum absolute atomic E-state index is 12.8. The van der Waals surface area contributed by atoms with Crippen molar-refractivity contribution in [1.82, 2.24) is 0 Å². The van der Waals surface area contributed by atoms with Gasteiger partial charge in [0.25, 0.3) is 0 Å². The highest BCUT2D eigenvalue weighted by atomic mass is 16.6. The fraction of sp³-hybridized carbons (Fsp3) is 0.685. The summed E-state index contributed by atoms with van der Waals surface area (Å²) in [5.74, 6) is -0.954. The van der Waals surface area contributed by atoms with Gasteiger partial charge in [0.2, 0.25) is 0 Å². The van der Waals surface area contributed by atoms with E-state index in [-0.39, 0.29) is 31.1 Å². The van der Waals surface area contributed by atoms with E-state index < -0.39 is 6.10 Å². The van der Waals surface area contributed by atoms with E-state index in [1.165, 1.54) is 77.0 Å². The lowest BCUT2D eigenvalue weighted by atomic mass is 10.0. The zero-order chi connectivity index (χ0) is 43.7. The minimum absolute atomic E-state index is 0.0972. The van der Waals surface area contributed by atoms with Crippen LogP contribution in [0.1, 0.15) is 220 Å². The van der Waals surface area contributed by atoms with Crippen molar-refractivity contribution in [2.75, 3.05) is 13.2 Å². The molecule has 0 fully saturated rings. The van der Waals surface area contributed by atoms with Crippen molar-refractivity contribution in [3.8, 4) is 0 Å². The number of ether oxygens (including phenoxy) is 3. The van der Waals surface area contributed by atoms with Crippen LogP contribution >= 0.6 is 0 Å². The fourth-order valence-electron chi connectivity index (χ4n) is 6.62. The van der Waals surface area contributed by atoms with Gasteiger partial charge in [-0.05, 0) is 64.2 Å². The van der Waals surface area contributed by atoms with Crippen molar-refractivity contribution in [2.45, 2.75) is 226 Å². The zero-order valence-corrected chi connectivity index (χ0v) is 38.9. The predicted octanol–water partition coefficient (Wildman–Crippen LogP) is 16.0. The molecule has 0 aromatic heterocycles. The summed E-state index contributed by atoms with van der Waals surface area (Å²) in [4.78, 5) is 37.9. The Balaban J connectivity index is 4.47. The molecular weight excluding hydrogens is 745 g/mol. The maximum Gasteiger partial charge on any atom is 0.306 e. The largest absolute Gasteiger partial charge is 0.462 e. The second kappa shape index (κ2) is 48.3. The first-order chi connectivity index (χ1) is 29.5. The Morgan fingerprint density at radius 1 is 0.367 bits per heavy atom. The van der Waals surface area contributed by atoms with Gasteiger partial charge in [-0.1, -0.05) is 221 Å². The van der Waals surface area contributed by atoms with Crippen molar-refractivity contribution >= 4 is 17.9 Å². The molecule has 0 rings (SSSR count). The van der Waals surface area contributed by atoms with Crippen molar-refractivity contribution in [3.05, 3.63) is 85.1 Å². The Hall–Kier alpha value is -3.41. The van der Waals surface area contributed by atoms with Gasteiger partial charge in [-0.15, -0.1) is 0 Å². The molecule has 0 radical (unpaired) electrons. The molecule has 0 saturated carbocycles. The first-order valence-corrected chi connectivity index (χ1v) is 24.7. The number of unbranched alkanes of at least 4 members (excludes halogenated alkanes) is 22. The second-order valence-corrected chi connectivity index (χ2v) is 16.1. The van der Waals surface area contributed by atoms with Crippen LogP contribution in [0.3, 0.4) is 0 Å². The average Bonchev–Trinajstić information content (AvgIpc) is 3.24. The fourth-order valence-corrected chi connectivity index (χ4v) is 6.62. The normalized spacial score (nSPS) is 12.8. The molecule has 0 aliphatic heterocycles. The number of carbonyl (C=O) groups excluding carboxylic acids is 3. The topological polar surface area (TPSA) is 78.9 Å². The molecule has 0 spiro atoms. The SMILES string of the molecule is CC\C=C/C=C\C=C/C=C\C=C/CCCCCC(=O)OCC(COC(=O)CCCCCCC/C=C\C/C=C\CC)OC(=O)CCCCCCCCCCCCCCCCC. The van der Waals surface area contributed by atoms with Crippen LogP contribution in [-0.2, 0) is 28.6 Å². The van der Waals surface area contributed by atoms with E-state index in [9.17, 15) is 14.4 Å². The molecule has 0 N–H and O–H groups in total. The van der Waals surface area contributed by atoms with Crippen LogP contribution < -0.4 is 0 Å². The van der Waals surface area contributed by atoms with Crippen LogP contribution in [0.15, 0.2) is 85.1 Å². The molecule has 0 heterocycles. The molecule has 0 amide bonds. The molecular formula is C54H90O6. The molecule has 0 bridgehead atoms. The lowest BCUT2D eigenvalue weighted by molar-refractivity contribution is -0.167. The first kappa shape index (κ1) is 56.6. The monoisotopic (exact) mass is 835 g/mol. The summed E-state index contributed by atoms with van der Waals surface area (Å²) >= 11 is 0. The predicted molar refractivity (Wildman–Crippen MR) is 256 cm³/mol. The third-order valence-electron chi connectivity index (χ3n) is 10.3. The standard InChI is InChI=1S/C54H90O6/c1-4-7-10-13-16-19-22-25-27-29-32-35-38-41-44-47-53(56)59-50-51(49-58-52(55)46-43-40-37-34-31-24-21-18-15-12-9-6-3)60-54(57)48-45-42-39-36-33-30-28-26-23-20-17-14-11-8-5-2/h7,9-10,12-13,16,18-19,21-22,25,27,29,32,51H,4-6,8,11,14-15,17,20,23-24,26,28,30-31,33-50H2,1-3H3/b10-7-,12-9-,16-13-,21-18-,22-19-,27-25-,32-29-. The van der Waals surface area contributed by atoms with Crippen molar-refractivity contribution < 1.29 is 28.6 Å². The lowest BCUT2D eigenvalue weighted by Crippen LogP contribution is -2.30. The molecule has 0 aliphatic rings. The Kier molecular flexibility index (Phi) is 45.5. The highest BCUT2D eigenvalue weighted by Gasteiger charge is 2.19. The van der Waals surface area contributed by atoms with Crippen LogP contribution in [0, 0.1) is 0 Å². The van der Waals surface area contributed by atoms with E-state index in [2.05, 4.69) is 57.2 Å². The molecule has 6 heteroatoms. The van der Waals surface area contributed by atoms with Gasteiger partial charge in [0, 0.05) is 19.3 Å². The summed E-state index contributed by atoms with van der Waals surface area (Å²) in [6.07, 6.45) is 61.4. The van der Waals surface area contributed by atoms with E-state index in [1.807, 2.05) is 48.6 Å². The van der Waals surface area contributed by atoms with Crippen LogP contribution in [0.5, 0.6) is 0 Å². The summed E-state index contributed by atoms with van der Waals surface area (Å²) in [5.41, 5.74) is 0. The number of carbonyl (C=O) groups is 3. The Morgan fingerprint density at radius 2 is 0.733 bits per heavy atom. The quantitative estimate of drug-likeness (QED) is 0.0200. The van der Waals surface area contributed by atoms with Gasteiger partial charge < -0.3 is 14.2 Å². The molecule has 0 aromatic carbocycles. The van der Waals surface area contributed by atoms with Crippen molar-refractivity contribution in [3.63, 3.8) is 0 Å². The summed E-state index contributed by atoms with van der Waals surface area (Å²) in [6.45, 7) is 6.33. The third kappa shape index (κ3) is 45.7. The zero-order valence-electron chi connectivity index (χ0n) is 38.9. The molecule has 1 unspecified atom stereocenters. The smallest absolute Gasteiger partial charge is 0.306 e. The maximum atomic E-state index is 12.8. The van der Waals surface area contributed by atoms with Gasteiger partial charge in [-0.3, -0.25) is 14.4 Å². The van der Waals surface area contributed by atoms with Crippen LogP contribution in [0.25, 0.3) is 0 Å². The molecule has 342 valence electrons. The van der Waals surface area contributed by atoms with Gasteiger partial charge in [-0.25, -0.2) is 0 Å². The minimum atomic E-state index is -0.797. The second-order valence-electron chi connectivity index (χ2n) is 16.1. The molecule has 1 atom stereocenters. The number of esters is 3. The van der Waals surface area contributed by atoms with Crippen molar-refractivity contribution in [2.24, 2.45) is 0 Å². The van der Waals surface area contributed by atoms with E-state index in [0.717, 1.165) is 103 Å². The molecule has 0 aromatic rings. The van der Waals surface area contributed by atoms with Gasteiger partial charge in [-0.2, -0.15) is 0 Å². The van der Waals surface area contributed by atoms with E-state index in [0.29, 0.717) is 19.3 Å². The highest BCUT2D eigenvalue weighted by Crippen LogP contribution is 2.15. The minimum Gasteiger partial charge on any atom is -0.462 e. The summed E-state index contributed by atoms with van der Waals surface area (Å²) < 4.78 is 16.7. The number of hydrogen-bond donors (Lipinski definition) is 0. The molecule has 6 nitrogen and oxygen atoms in total. The van der Waals surface area contributed by atoms with Gasteiger partial charge in [0.05, 0.1) is 0 Å². The number of hydrogen-bond acceptors (Lipinski definition) is 6. The summed E-state index contributed by atoms with van der Waals surface area (Å²) in [5, 5.41) is 0. The van der Waals surface area contributed by atoms with Gasteiger partial charge in [0.15, 0.2) is 6.10 Å². The Morgan fingerprint density at radius 3 is 1.22 bits per heavy atom. The molecule has 60 heavy (non-hydrogen) atoms. The Labute approximate surface area is 369 Å². The van der Waals surface area contributed by atoms with Crippen molar-refractivity contribution in [1.29, 1.82) is 0 Å². The average molecular weight is 835 g/mol. The third-order valence-corrected chi connectivity index (χ3v) is 10.3. The van der Waals surface area contributed by atoms with Gasteiger partial charge in [0.1, 0.15) is 13.2 Å². The molecule has 0 aliphatic carbocycles. The highest BCUT2D eigenvalue weighted by molar-refractivity contribution is 5.71. The van der Waals surface area contributed by atoms with E-state index in [1.54, 1.807) is 0 Å². The summed E-state index contributed by atoms with van der Waals surface area (Å²) in [6, 6.07) is 0. The van der Waals surface area contributed by atoms with E-state index >= 15 is 0 Å². The number of rotatable bonds is 43. The lowest BCUT2D eigenvalue weighted by Gasteiger charge is -2.18. The van der Waals surface area contributed by atoms with Crippen LogP contribution in [0.2, 0.25) is 0 Å². The van der Waals surface area contributed by atoms with Crippen LogP contribution in [-0.4, -0.2) is 37.2 Å². The van der Waals surface area contributed by atoms with Crippen LogP contribution in [0.4, 0.5) is 0 Å².